The van der Waals surface area contributed by atoms with Gasteiger partial charge in [-0.2, -0.15) is 0 Å². The molecule has 1 aromatic heterocycles. The van der Waals surface area contributed by atoms with Crippen molar-refractivity contribution in [3.63, 3.8) is 0 Å². The predicted octanol–water partition coefficient (Wildman–Crippen LogP) is 4.06. The molecule has 3 rings (SSSR count). The first-order valence-electron chi connectivity index (χ1n) is 8.39. The number of sulfonamides is 1. The van der Waals surface area contributed by atoms with Gasteiger partial charge in [0.25, 0.3) is 10.0 Å². The molecule has 1 aliphatic rings. The van der Waals surface area contributed by atoms with Crippen LogP contribution in [0.25, 0.3) is 0 Å². The van der Waals surface area contributed by atoms with E-state index >= 15 is 0 Å². The monoisotopic (exact) mass is 364 g/mol. The van der Waals surface area contributed by atoms with E-state index in [0.29, 0.717) is 15.8 Å². The van der Waals surface area contributed by atoms with Crippen molar-refractivity contribution < 1.29 is 8.42 Å². The number of hydrogen-bond donors (Lipinski definition) is 1. The molecular formula is C18H24N2O2S2. The Balaban J connectivity index is 1.67. The minimum absolute atomic E-state index is 0.357. The second-order valence-electron chi connectivity index (χ2n) is 6.38. The molecule has 0 aliphatic carbocycles. The average Bonchev–Trinajstić information content (AvgIpc) is 3.18. The molecule has 0 amide bonds. The van der Waals surface area contributed by atoms with Crippen molar-refractivity contribution in [1.29, 1.82) is 0 Å². The lowest BCUT2D eigenvalue weighted by molar-refractivity contribution is 0.335. The van der Waals surface area contributed by atoms with Gasteiger partial charge in [-0.15, -0.1) is 11.3 Å². The summed E-state index contributed by atoms with van der Waals surface area (Å²) in [5.41, 5.74) is 1.91. The first-order valence-corrected chi connectivity index (χ1v) is 10.7. The first kappa shape index (κ1) is 17.5. The molecule has 24 heavy (non-hydrogen) atoms. The molecule has 4 nitrogen and oxygen atoms in total. The summed E-state index contributed by atoms with van der Waals surface area (Å²) in [6.07, 6.45) is 2.37. The van der Waals surface area contributed by atoms with Gasteiger partial charge in [-0.3, -0.25) is 4.72 Å². The zero-order valence-corrected chi connectivity index (χ0v) is 15.8. The molecule has 130 valence electrons. The van der Waals surface area contributed by atoms with Crippen LogP contribution in [-0.2, 0) is 10.0 Å². The van der Waals surface area contributed by atoms with Crippen molar-refractivity contribution in [2.75, 3.05) is 24.4 Å². The molecule has 1 N–H and O–H groups in total. The Morgan fingerprint density at radius 3 is 2.58 bits per heavy atom. The maximum atomic E-state index is 12.4. The summed E-state index contributed by atoms with van der Waals surface area (Å²) < 4.78 is 27.8. The summed E-state index contributed by atoms with van der Waals surface area (Å²) in [5.74, 6) is 0.558. The number of anilines is 1. The Morgan fingerprint density at radius 1 is 1.21 bits per heavy atom. The molecule has 0 radical (unpaired) electrons. The van der Waals surface area contributed by atoms with Crippen LogP contribution in [0.4, 0.5) is 5.69 Å². The number of hydrogen-bond acceptors (Lipinski definition) is 4. The van der Waals surface area contributed by atoms with E-state index in [-0.39, 0.29) is 0 Å². The fraction of sp³-hybridized carbons (Fsp3) is 0.444. The molecule has 2 heterocycles. The maximum absolute atomic E-state index is 12.4. The van der Waals surface area contributed by atoms with E-state index in [4.69, 9.17) is 0 Å². The van der Waals surface area contributed by atoms with E-state index in [1.165, 1.54) is 29.7 Å². The van der Waals surface area contributed by atoms with Crippen LogP contribution in [0.2, 0.25) is 0 Å². The topological polar surface area (TPSA) is 49.4 Å². The summed E-state index contributed by atoms with van der Waals surface area (Å²) in [6.45, 7) is 7.54. The molecule has 1 fully saturated rings. The molecule has 6 heteroatoms. The molecule has 1 saturated heterocycles. The number of aryl methyl sites for hydroxylation is 1. The van der Waals surface area contributed by atoms with Gasteiger partial charge in [0, 0.05) is 17.1 Å². The lowest BCUT2D eigenvalue weighted by Crippen LogP contribution is -2.20. The fourth-order valence-electron chi connectivity index (χ4n) is 3.21. The van der Waals surface area contributed by atoms with Crippen LogP contribution < -0.4 is 4.72 Å². The summed E-state index contributed by atoms with van der Waals surface area (Å²) in [7, 11) is -3.48. The van der Waals surface area contributed by atoms with Crippen LogP contribution in [-0.4, -0.2) is 33.0 Å². The summed E-state index contributed by atoms with van der Waals surface area (Å²) in [5, 5.41) is 0. The number of benzene rings is 1. The van der Waals surface area contributed by atoms with Crippen LogP contribution in [0, 0.1) is 6.92 Å². The Bertz CT molecular complexity index is 782. The van der Waals surface area contributed by atoms with E-state index in [0.717, 1.165) is 24.5 Å². The van der Waals surface area contributed by atoms with E-state index in [1.54, 1.807) is 6.07 Å². The third-order valence-corrected chi connectivity index (χ3v) is 7.30. The number of thiophene rings is 1. The SMILES string of the molecule is CCCN1CC[C@@H](c2ccc(NS(=O)(=O)c3ccc(C)s3)cc2)C1. The molecule has 1 aliphatic heterocycles. The van der Waals surface area contributed by atoms with E-state index < -0.39 is 10.0 Å². The predicted molar refractivity (Wildman–Crippen MR) is 100 cm³/mol. The van der Waals surface area contributed by atoms with E-state index in [1.807, 2.05) is 25.1 Å². The van der Waals surface area contributed by atoms with Gasteiger partial charge in [0.15, 0.2) is 0 Å². The molecule has 0 unspecified atom stereocenters. The third kappa shape index (κ3) is 3.99. The number of likely N-dealkylation sites (tertiary alicyclic amines) is 1. The Hall–Kier alpha value is -1.37. The fourth-order valence-corrected chi connectivity index (χ4v) is 5.55. The van der Waals surface area contributed by atoms with Gasteiger partial charge < -0.3 is 4.90 Å². The summed E-state index contributed by atoms with van der Waals surface area (Å²) in [4.78, 5) is 3.49. The maximum Gasteiger partial charge on any atom is 0.271 e. The third-order valence-electron chi connectivity index (χ3n) is 4.43. The number of nitrogens with one attached hydrogen (secondary N) is 1. The molecule has 0 spiro atoms. The highest BCUT2D eigenvalue weighted by Gasteiger charge is 2.23. The van der Waals surface area contributed by atoms with Gasteiger partial charge in [0.2, 0.25) is 0 Å². The van der Waals surface area contributed by atoms with Gasteiger partial charge in [-0.25, -0.2) is 8.42 Å². The molecule has 2 aromatic rings. The van der Waals surface area contributed by atoms with Crippen LogP contribution in [0.15, 0.2) is 40.6 Å². The molecule has 0 bridgehead atoms. The van der Waals surface area contributed by atoms with Gasteiger partial charge in [-0.05, 0) is 68.6 Å². The van der Waals surface area contributed by atoms with Crippen molar-refractivity contribution in [2.45, 2.75) is 36.8 Å². The number of rotatable bonds is 6. The van der Waals surface area contributed by atoms with Crippen LogP contribution in [0.3, 0.4) is 0 Å². The van der Waals surface area contributed by atoms with Crippen molar-refractivity contribution in [3.8, 4) is 0 Å². The zero-order valence-electron chi connectivity index (χ0n) is 14.2. The van der Waals surface area contributed by atoms with E-state index in [2.05, 4.69) is 28.7 Å². The van der Waals surface area contributed by atoms with Gasteiger partial charge >= 0.3 is 0 Å². The van der Waals surface area contributed by atoms with Crippen LogP contribution >= 0.6 is 11.3 Å². The first-order chi connectivity index (χ1) is 11.5. The lowest BCUT2D eigenvalue weighted by Gasteiger charge is -2.15. The standard InChI is InChI=1S/C18H24N2O2S2/c1-3-11-20-12-10-16(13-20)15-5-7-17(8-6-15)19-24(21,22)18-9-4-14(2)23-18/h4-9,16,19H,3,10-13H2,1-2H3/t16-/m1/s1. The van der Waals surface area contributed by atoms with Crippen LogP contribution in [0.5, 0.6) is 0 Å². The summed E-state index contributed by atoms with van der Waals surface area (Å²) >= 11 is 1.29. The second-order valence-corrected chi connectivity index (χ2v) is 9.58. The van der Waals surface area contributed by atoms with Crippen LogP contribution in [0.1, 0.15) is 36.1 Å². The zero-order chi connectivity index (χ0) is 17.2. The highest BCUT2D eigenvalue weighted by Crippen LogP contribution is 2.29. The largest absolute Gasteiger partial charge is 0.303 e. The van der Waals surface area contributed by atoms with E-state index in [9.17, 15) is 8.42 Å². The van der Waals surface area contributed by atoms with Gasteiger partial charge in [0.05, 0.1) is 0 Å². The molecular weight excluding hydrogens is 340 g/mol. The second kappa shape index (κ2) is 7.25. The Kier molecular flexibility index (Phi) is 5.27. The lowest BCUT2D eigenvalue weighted by atomic mass is 9.98. The average molecular weight is 365 g/mol. The Morgan fingerprint density at radius 2 is 1.96 bits per heavy atom. The smallest absolute Gasteiger partial charge is 0.271 e. The minimum Gasteiger partial charge on any atom is -0.303 e. The minimum atomic E-state index is -3.48. The van der Waals surface area contributed by atoms with Crippen molar-refractivity contribution in [2.24, 2.45) is 0 Å². The molecule has 1 atom stereocenters. The van der Waals surface area contributed by atoms with Crippen molar-refractivity contribution in [3.05, 3.63) is 46.8 Å². The number of nitrogens with zero attached hydrogens (tertiary/aromatic N) is 1. The van der Waals surface area contributed by atoms with Gasteiger partial charge in [-0.1, -0.05) is 19.1 Å². The molecule has 1 aromatic carbocycles. The highest BCUT2D eigenvalue weighted by molar-refractivity contribution is 7.94. The van der Waals surface area contributed by atoms with Crippen molar-refractivity contribution >= 4 is 27.0 Å². The highest BCUT2D eigenvalue weighted by atomic mass is 32.2. The summed E-state index contributed by atoms with van der Waals surface area (Å²) in [6, 6.07) is 11.3. The Labute approximate surface area is 148 Å². The quantitative estimate of drug-likeness (QED) is 0.841. The molecule has 0 saturated carbocycles. The normalized spacial score (nSPS) is 18.8. The van der Waals surface area contributed by atoms with Crippen molar-refractivity contribution in [1.82, 2.24) is 4.90 Å². The van der Waals surface area contributed by atoms with Gasteiger partial charge in [0.1, 0.15) is 4.21 Å².